The van der Waals surface area contributed by atoms with Crippen molar-refractivity contribution in [3.63, 3.8) is 0 Å². The Labute approximate surface area is 190 Å². The van der Waals surface area contributed by atoms with Crippen molar-refractivity contribution < 1.29 is 14.3 Å². The normalized spacial score (nSPS) is 10.5. The smallest absolute Gasteiger partial charge is 0.262 e. The average Bonchev–Trinajstić information content (AvgIpc) is 2.79. The van der Waals surface area contributed by atoms with E-state index < -0.39 is 0 Å². The van der Waals surface area contributed by atoms with Crippen molar-refractivity contribution in [3.8, 4) is 11.5 Å². The first-order valence-corrected chi connectivity index (χ1v) is 11.1. The van der Waals surface area contributed by atoms with E-state index in [1.54, 1.807) is 0 Å². The molecule has 5 nitrogen and oxygen atoms in total. The number of anilines is 2. The zero-order valence-corrected chi connectivity index (χ0v) is 19.3. The van der Waals surface area contributed by atoms with Crippen LogP contribution in [0.15, 0.2) is 60.7 Å². The molecule has 0 unspecified atom stereocenters. The van der Waals surface area contributed by atoms with E-state index in [0.717, 1.165) is 34.5 Å². The first-order chi connectivity index (χ1) is 15.5. The Kier molecular flexibility index (Phi) is 8.14. The first-order valence-electron chi connectivity index (χ1n) is 11.1. The second-order valence-corrected chi connectivity index (χ2v) is 7.77. The number of carbonyl (C=O) groups excluding carboxylic acids is 1. The number of ether oxygens (including phenoxy) is 2. The highest BCUT2D eigenvalue weighted by Gasteiger charge is 2.11. The Morgan fingerprint density at radius 3 is 2.28 bits per heavy atom. The monoisotopic (exact) mass is 432 g/mol. The van der Waals surface area contributed by atoms with E-state index in [1.165, 1.54) is 5.56 Å². The van der Waals surface area contributed by atoms with Crippen molar-refractivity contribution in [1.82, 2.24) is 0 Å². The van der Waals surface area contributed by atoms with E-state index in [9.17, 15) is 4.79 Å². The second-order valence-electron chi connectivity index (χ2n) is 7.77. The SMILES string of the molecule is CCOc1cc(CNc2ccc(CC)cc2)ccc1OCC(=O)Nc1ccc(C)cc1C. The summed E-state index contributed by atoms with van der Waals surface area (Å²) < 4.78 is 11.5. The molecule has 0 aliphatic heterocycles. The van der Waals surface area contributed by atoms with Crippen LogP contribution in [-0.4, -0.2) is 19.1 Å². The van der Waals surface area contributed by atoms with Crippen LogP contribution in [0.1, 0.15) is 36.1 Å². The predicted molar refractivity (Wildman–Crippen MR) is 131 cm³/mol. The molecule has 168 valence electrons. The molecule has 0 aromatic heterocycles. The van der Waals surface area contributed by atoms with E-state index in [0.29, 0.717) is 24.7 Å². The number of benzene rings is 3. The number of aryl methyl sites for hydroxylation is 3. The number of carbonyl (C=O) groups is 1. The summed E-state index contributed by atoms with van der Waals surface area (Å²) in [5, 5.41) is 6.33. The minimum atomic E-state index is -0.208. The molecule has 3 aromatic carbocycles. The molecule has 2 N–H and O–H groups in total. The molecule has 0 bridgehead atoms. The number of hydrogen-bond acceptors (Lipinski definition) is 4. The maximum atomic E-state index is 12.4. The Morgan fingerprint density at radius 1 is 0.844 bits per heavy atom. The van der Waals surface area contributed by atoms with Gasteiger partial charge in [-0.3, -0.25) is 4.79 Å². The van der Waals surface area contributed by atoms with Crippen LogP contribution in [0.5, 0.6) is 11.5 Å². The minimum Gasteiger partial charge on any atom is -0.490 e. The van der Waals surface area contributed by atoms with Crippen LogP contribution in [-0.2, 0) is 17.8 Å². The third-order valence-electron chi connectivity index (χ3n) is 5.18. The molecular formula is C27H32N2O3. The van der Waals surface area contributed by atoms with Crippen molar-refractivity contribution in [2.45, 2.75) is 40.7 Å². The predicted octanol–water partition coefficient (Wildman–Crippen LogP) is 5.89. The summed E-state index contributed by atoms with van der Waals surface area (Å²) >= 11 is 0. The van der Waals surface area contributed by atoms with E-state index in [1.807, 2.05) is 57.2 Å². The zero-order valence-electron chi connectivity index (χ0n) is 19.3. The van der Waals surface area contributed by atoms with Crippen LogP contribution < -0.4 is 20.1 Å². The fraction of sp³-hybridized carbons (Fsp3) is 0.296. The van der Waals surface area contributed by atoms with Crippen LogP contribution in [0.3, 0.4) is 0 Å². The van der Waals surface area contributed by atoms with Crippen LogP contribution in [0, 0.1) is 13.8 Å². The van der Waals surface area contributed by atoms with Gasteiger partial charge in [-0.25, -0.2) is 0 Å². The second kappa shape index (κ2) is 11.2. The molecule has 1 amide bonds. The molecule has 0 radical (unpaired) electrons. The molecule has 3 rings (SSSR count). The fourth-order valence-electron chi connectivity index (χ4n) is 3.40. The van der Waals surface area contributed by atoms with Gasteiger partial charge in [0.05, 0.1) is 6.61 Å². The lowest BCUT2D eigenvalue weighted by Gasteiger charge is -2.15. The fourth-order valence-corrected chi connectivity index (χ4v) is 3.40. The van der Waals surface area contributed by atoms with Gasteiger partial charge < -0.3 is 20.1 Å². The van der Waals surface area contributed by atoms with E-state index in [-0.39, 0.29) is 12.5 Å². The van der Waals surface area contributed by atoms with Gasteiger partial charge >= 0.3 is 0 Å². The Bertz CT molecular complexity index is 1050. The van der Waals surface area contributed by atoms with Crippen LogP contribution >= 0.6 is 0 Å². The Hall–Kier alpha value is -3.47. The molecule has 0 heterocycles. The topological polar surface area (TPSA) is 59.6 Å². The highest BCUT2D eigenvalue weighted by Crippen LogP contribution is 2.29. The van der Waals surface area contributed by atoms with Crippen molar-refractivity contribution in [2.75, 3.05) is 23.8 Å². The average molecular weight is 433 g/mol. The molecule has 0 atom stereocenters. The highest BCUT2D eigenvalue weighted by molar-refractivity contribution is 5.92. The Balaban J connectivity index is 1.60. The van der Waals surface area contributed by atoms with Crippen molar-refractivity contribution in [1.29, 1.82) is 0 Å². The number of hydrogen-bond donors (Lipinski definition) is 2. The van der Waals surface area contributed by atoms with Gasteiger partial charge in [-0.15, -0.1) is 0 Å². The summed E-state index contributed by atoms with van der Waals surface area (Å²) in [6.07, 6.45) is 1.03. The van der Waals surface area contributed by atoms with E-state index in [4.69, 9.17) is 9.47 Å². The molecule has 0 saturated carbocycles. The molecule has 0 aliphatic carbocycles. The molecule has 0 aliphatic rings. The number of amides is 1. The van der Waals surface area contributed by atoms with Gasteiger partial charge in [-0.2, -0.15) is 0 Å². The number of rotatable bonds is 10. The largest absolute Gasteiger partial charge is 0.490 e. The van der Waals surface area contributed by atoms with Gasteiger partial charge in [-0.1, -0.05) is 42.8 Å². The van der Waals surface area contributed by atoms with Crippen LogP contribution in [0.2, 0.25) is 0 Å². The van der Waals surface area contributed by atoms with Crippen LogP contribution in [0.4, 0.5) is 11.4 Å². The lowest BCUT2D eigenvalue weighted by molar-refractivity contribution is -0.118. The maximum Gasteiger partial charge on any atom is 0.262 e. The first kappa shape index (κ1) is 23.2. The molecule has 0 saturated heterocycles. The Morgan fingerprint density at radius 2 is 1.59 bits per heavy atom. The molecule has 0 spiro atoms. The van der Waals surface area contributed by atoms with Gasteiger partial charge in [0.15, 0.2) is 18.1 Å². The van der Waals surface area contributed by atoms with Gasteiger partial charge in [0, 0.05) is 17.9 Å². The summed E-state index contributed by atoms with van der Waals surface area (Å²) in [4.78, 5) is 12.4. The third-order valence-corrected chi connectivity index (χ3v) is 5.18. The van der Waals surface area contributed by atoms with Crippen molar-refractivity contribution in [2.24, 2.45) is 0 Å². The quantitative estimate of drug-likeness (QED) is 0.419. The van der Waals surface area contributed by atoms with Crippen molar-refractivity contribution >= 4 is 17.3 Å². The van der Waals surface area contributed by atoms with Crippen molar-refractivity contribution in [3.05, 3.63) is 82.9 Å². The van der Waals surface area contributed by atoms with Gasteiger partial charge in [0.1, 0.15) is 0 Å². The maximum absolute atomic E-state index is 12.4. The lowest BCUT2D eigenvalue weighted by Crippen LogP contribution is -2.21. The third kappa shape index (κ3) is 6.51. The summed E-state index contributed by atoms with van der Waals surface area (Å²) in [5.41, 5.74) is 6.43. The summed E-state index contributed by atoms with van der Waals surface area (Å²) in [7, 11) is 0. The van der Waals surface area contributed by atoms with Crippen LogP contribution in [0.25, 0.3) is 0 Å². The lowest BCUT2D eigenvalue weighted by atomic mass is 10.1. The molecule has 0 fully saturated rings. The van der Waals surface area contributed by atoms with Gasteiger partial charge in [0.2, 0.25) is 0 Å². The molecule has 3 aromatic rings. The van der Waals surface area contributed by atoms with E-state index >= 15 is 0 Å². The summed E-state index contributed by atoms with van der Waals surface area (Å²) in [6, 6.07) is 20.2. The molecular weight excluding hydrogens is 400 g/mol. The van der Waals surface area contributed by atoms with Gasteiger partial charge in [0.25, 0.3) is 5.91 Å². The summed E-state index contributed by atoms with van der Waals surface area (Å²) in [5.74, 6) is 0.979. The minimum absolute atomic E-state index is 0.0885. The summed E-state index contributed by atoms with van der Waals surface area (Å²) in [6.45, 7) is 9.17. The highest BCUT2D eigenvalue weighted by atomic mass is 16.5. The molecule has 5 heteroatoms. The molecule has 32 heavy (non-hydrogen) atoms. The standard InChI is InChI=1S/C27H32N2O3/c1-5-21-8-11-23(12-9-21)28-17-22-10-14-25(26(16-22)31-6-2)32-18-27(30)29-24-13-7-19(3)15-20(24)4/h7-16,28H,5-6,17-18H2,1-4H3,(H,29,30). The van der Waals surface area contributed by atoms with E-state index in [2.05, 4.69) is 41.8 Å². The number of nitrogens with one attached hydrogen (secondary N) is 2. The zero-order chi connectivity index (χ0) is 22.9. The van der Waals surface area contributed by atoms with Gasteiger partial charge in [-0.05, 0) is 74.2 Å².